The highest BCUT2D eigenvalue weighted by atomic mass is 32.2. The summed E-state index contributed by atoms with van der Waals surface area (Å²) in [5.41, 5.74) is 7.59. The number of thioether (sulfide) groups is 2. The largest absolute Gasteiger partial charge is 0.379 e. The van der Waals surface area contributed by atoms with Gasteiger partial charge in [0.2, 0.25) is 5.91 Å². The molecule has 1 atom stereocenters. The maximum atomic E-state index is 12.2. The SMILES string of the molecule is CC(=N)S[C@@H](Cc1ccc(CCSC(=N)N)cc1)C(=O)N(C)C. The molecule has 0 aliphatic carbocycles. The molecule has 1 amide bonds. The molecular formula is C16H24N4OS2. The molecule has 0 bridgehead atoms. The van der Waals surface area contributed by atoms with Gasteiger partial charge in [-0.1, -0.05) is 47.8 Å². The highest BCUT2D eigenvalue weighted by molar-refractivity contribution is 8.14. The van der Waals surface area contributed by atoms with Crippen molar-refractivity contribution in [3.63, 3.8) is 0 Å². The van der Waals surface area contributed by atoms with Crippen LogP contribution in [0.4, 0.5) is 0 Å². The molecule has 1 aromatic carbocycles. The summed E-state index contributed by atoms with van der Waals surface area (Å²) in [5.74, 6) is 0.822. The van der Waals surface area contributed by atoms with Gasteiger partial charge in [-0.25, -0.2) is 0 Å². The van der Waals surface area contributed by atoms with Crippen molar-refractivity contribution in [2.45, 2.75) is 25.0 Å². The minimum Gasteiger partial charge on any atom is -0.379 e. The van der Waals surface area contributed by atoms with Gasteiger partial charge in [0, 0.05) is 19.8 Å². The molecule has 0 spiro atoms. The third-order valence-electron chi connectivity index (χ3n) is 3.13. The number of hydrogen-bond acceptors (Lipinski definition) is 5. The van der Waals surface area contributed by atoms with Gasteiger partial charge in [-0.05, 0) is 30.9 Å². The van der Waals surface area contributed by atoms with Gasteiger partial charge in [0.1, 0.15) is 0 Å². The molecule has 0 aliphatic rings. The summed E-state index contributed by atoms with van der Waals surface area (Å²) in [6.07, 6.45) is 1.47. The van der Waals surface area contributed by atoms with E-state index in [2.05, 4.69) is 12.1 Å². The number of carbonyl (C=O) groups is 1. The van der Waals surface area contributed by atoms with E-state index in [1.165, 1.54) is 29.1 Å². The summed E-state index contributed by atoms with van der Waals surface area (Å²) < 4.78 is 0. The van der Waals surface area contributed by atoms with Crippen molar-refractivity contribution >= 4 is 39.6 Å². The lowest BCUT2D eigenvalue weighted by Crippen LogP contribution is -2.33. The number of nitrogens with two attached hydrogens (primary N) is 1. The zero-order valence-electron chi connectivity index (χ0n) is 13.8. The molecule has 0 aromatic heterocycles. The minimum absolute atomic E-state index is 0.0311. The van der Waals surface area contributed by atoms with Crippen molar-refractivity contribution in [3.8, 4) is 0 Å². The van der Waals surface area contributed by atoms with E-state index < -0.39 is 0 Å². The molecule has 0 radical (unpaired) electrons. The van der Waals surface area contributed by atoms with Crippen molar-refractivity contribution < 1.29 is 4.79 Å². The van der Waals surface area contributed by atoms with E-state index in [4.69, 9.17) is 16.6 Å². The lowest BCUT2D eigenvalue weighted by molar-refractivity contribution is -0.128. The summed E-state index contributed by atoms with van der Waals surface area (Å²) in [6, 6.07) is 8.16. The van der Waals surface area contributed by atoms with Crippen molar-refractivity contribution in [1.82, 2.24) is 4.90 Å². The summed E-state index contributed by atoms with van der Waals surface area (Å²) in [7, 11) is 3.48. The minimum atomic E-state index is -0.262. The molecule has 23 heavy (non-hydrogen) atoms. The number of nitrogens with zero attached hydrogens (tertiary/aromatic N) is 1. The zero-order chi connectivity index (χ0) is 17.4. The molecule has 4 N–H and O–H groups in total. The van der Waals surface area contributed by atoms with E-state index in [0.717, 1.165) is 17.7 Å². The van der Waals surface area contributed by atoms with E-state index in [1.807, 2.05) is 12.1 Å². The lowest BCUT2D eigenvalue weighted by Gasteiger charge is -2.20. The summed E-state index contributed by atoms with van der Waals surface area (Å²) in [6.45, 7) is 1.70. The molecule has 0 aliphatic heterocycles. The molecular weight excluding hydrogens is 328 g/mol. The Morgan fingerprint density at radius 2 is 1.78 bits per heavy atom. The Morgan fingerprint density at radius 3 is 2.26 bits per heavy atom. The van der Waals surface area contributed by atoms with Gasteiger partial charge in [0.05, 0.1) is 10.3 Å². The number of hydrogen-bond donors (Lipinski definition) is 3. The first-order valence-corrected chi connectivity index (χ1v) is 9.13. The van der Waals surface area contributed by atoms with Crippen LogP contribution in [0.5, 0.6) is 0 Å². The molecule has 0 saturated carbocycles. The summed E-state index contributed by atoms with van der Waals surface area (Å²) in [4.78, 5) is 13.8. The van der Waals surface area contributed by atoms with E-state index in [-0.39, 0.29) is 16.3 Å². The fourth-order valence-electron chi connectivity index (χ4n) is 2.02. The maximum Gasteiger partial charge on any atom is 0.235 e. The molecule has 0 unspecified atom stereocenters. The number of rotatable bonds is 7. The standard InChI is InChI=1S/C16H24N4OS2/c1-11(17)23-14(15(21)20(2)3)10-13-6-4-12(5-7-13)8-9-22-16(18)19/h4-7,14,17H,8-10H2,1-3H3,(H3,18,19)/t14-/m0/s1. The monoisotopic (exact) mass is 352 g/mol. The fraction of sp³-hybridized carbons (Fsp3) is 0.438. The molecule has 0 fully saturated rings. The highest BCUT2D eigenvalue weighted by Gasteiger charge is 2.22. The van der Waals surface area contributed by atoms with E-state index in [1.54, 1.807) is 25.9 Å². The molecule has 126 valence electrons. The first-order chi connectivity index (χ1) is 10.8. The van der Waals surface area contributed by atoms with Crippen LogP contribution in [-0.4, -0.2) is 46.1 Å². The van der Waals surface area contributed by atoms with E-state index in [9.17, 15) is 4.79 Å². The summed E-state index contributed by atoms with van der Waals surface area (Å²) >= 11 is 2.64. The number of carbonyl (C=O) groups excluding carboxylic acids is 1. The average Bonchev–Trinajstić information content (AvgIpc) is 2.46. The second-order valence-corrected chi connectivity index (χ2v) is 7.93. The first kappa shape index (κ1) is 19.6. The van der Waals surface area contributed by atoms with Gasteiger partial charge in [0.15, 0.2) is 5.17 Å². The van der Waals surface area contributed by atoms with Gasteiger partial charge < -0.3 is 10.6 Å². The Kier molecular flexibility index (Phi) is 8.19. The molecule has 1 rings (SSSR count). The number of amides is 1. The number of nitrogens with one attached hydrogen (secondary N) is 2. The van der Waals surface area contributed by atoms with Crippen LogP contribution in [0, 0.1) is 10.8 Å². The predicted molar refractivity (Wildman–Crippen MR) is 102 cm³/mol. The van der Waals surface area contributed by atoms with Crippen molar-refractivity contribution in [2.75, 3.05) is 19.8 Å². The topological polar surface area (TPSA) is 94.0 Å². The summed E-state index contributed by atoms with van der Waals surface area (Å²) in [5, 5.41) is 15.1. The van der Waals surface area contributed by atoms with Crippen LogP contribution in [0.2, 0.25) is 0 Å². The lowest BCUT2D eigenvalue weighted by atomic mass is 10.1. The van der Waals surface area contributed by atoms with Crippen LogP contribution in [0.3, 0.4) is 0 Å². The van der Waals surface area contributed by atoms with Crippen LogP contribution in [0.15, 0.2) is 24.3 Å². The predicted octanol–water partition coefficient (Wildman–Crippen LogP) is 2.59. The molecule has 5 nitrogen and oxygen atoms in total. The second kappa shape index (κ2) is 9.62. The Labute approximate surface area is 146 Å². The normalized spacial score (nSPS) is 11.8. The van der Waals surface area contributed by atoms with E-state index in [0.29, 0.717) is 11.5 Å². The van der Waals surface area contributed by atoms with Gasteiger partial charge in [-0.3, -0.25) is 15.6 Å². The Balaban J connectivity index is 2.67. The fourth-order valence-corrected chi connectivity index (χ4v) is 3.59. The van der Waals surface area contributed by atoms with Gasteiger partial charge in [-0.15, -0.1) is 0 Å². The van der Waals surface area contributed by atoms with Crippen LogP contribution >= 0.6 is 23.5 Å². The quantitative estimate of drug-likeness (QED) is 0.519. The molecule has 1 aromatic rings. The third-order valence-corrected chi connectivity index (χ3v) is 4.85. The van der Waals surface area contributed by atoms with Crippen LogP contribution < -0.4 is 5.73 Å². The zero-order valence-corrected chi connectivity index (χ0v) is 15.4. The first-order valence-electron chi connectivity index (χ1n) is 7.27. The number of aryl methyl sites for hydroxylation is 1. The number of benzene rings is 1. The van der Waals surface area contributed by atoms with E-state index >= 15 is 0 Å². The van der Waals surface area contributed by atoms with Crippen molar-refractivity contribution in [2.24, 2.45) is 5.73 Å². The number of amidine groups is 1. The van der Waals surface area contributed by atoms with Gasteiger partial charge in [-0.2, -0.15) is 0 Å². The van der Waals surface area contributed by atoms with Crippen LogP contribution in [0.25, 0.3) is 0 Å². The second-order valence-electron chi connectivity index (χ2n) is 5.38. The molecule has 0 saturated heterocycles. The Bertz CT molecular complexity index is 558. The van der Waals surface area contributed by atoms with Crippen LogP contribution in [-0.2, 0) is 17.6 Å². The van der Waals surface area contributed by atoms with Gasteiger partial charge >= 0.3 is 0 Å². The Hall–Kier alpha value is -1.47. The van der Waals surface area contributed by atoms with Crippen molar-refractivity contribution in [1.29, 1.82) is 10.8 Å². The van der Waals surface area contributed by atoms with Crippen LogP contribution in [0.1, 0.15) is 18.1 Å². The van der Waals surface area contributed by atoms with Gasteiger partial charge in [0.25, 0.3) is 0 Å². The van der Waals surface area contributed by atoms with Crippen molar-refractivity contribution in [3.05, 3.63) is 35.4 Å². The molecule has 7 heteroatoms. The molecule has 0 heterocycles. The third kappa shape index (κ3) is 7.56. The Morgan fingerprint density at radius 1 is 1.22 bits per heavy atom. The smallest absolute Gasteiger partial charge is 0.235 e. The average molecular weight is 353 g/mol. The highest BCUT2D eigenvalue weighted by Crippen LogP contribution is 2.20. The maximum absolute atomic E-state index is 12.2.